The number of nitrogens with zero attached hydrogens (tertiary/aromatic N) is 1. The molecule has 1 aromatic carbocycles. The van der Waals surface area contributed by atoms with E-state index in [1.807, 2.05) is 12.1 Å². The van der Waals surface area contributed by atoms with E-state index in [0.29, 0.717) is 6.04 Å². The van der Waals surface area contributed by atoms with Crippen LogP contribution in [0.5, 0.6) is 0 Å². The fourth-order valence-electron chi connectivity index (χ4n) is 3.08. The molecule has 3 heteroatoms. The number of unbranched alkanes of at least 4 members (excludes halogenated alkanes) is 5. The lowest BCUT2D eigenvalue weighted by molar-refractivity contribution is 0.213. The van der Waals surface area contributed by atoms with E-state index in [1.54, 1.807) is 0 Å². The number of hydrogen-bond donors (Lipinski definition) is 1. The second-order valence-corrected chi connectivity index (χ2v) is 6.70. The second-order valence-electron chi connectivity index (χ2n) is 6.26. The van der Waals surface area contributed by atoms with Crippen LogP contribution in [0.15, 0.2) is 24.3 Å². The Morgan fingerprint density at radius 2 is 1.52 bits per heavy atom. The van der Waals surface area contributed by atoms with Gasteiger partial charge in [0.25, 0.3) is 0 Å². The number of rotatable bonds is 13. The van der Waals surface area contributed by atoms with E-state index in [9.17, 15) is 0 Å². The van der Waals surface area contributed by atoms with E-state index in [-0.39, 0.29) is 0 Å². The fraction of sp³-hybridized carbons (Fsp3) is 0.700. The minimum atomic E-state index is 0.433. The third-order valence-corrected chi connectivity index (χ3v) is 4.80. The predicted octanol–water partition coefficient (Wildman–Crippen LogP) is 5.67. The van der Waals surface area contributed by atoms with Crippen LogP contribution in [0.4, 0.5) is 0 Å². The average Bonchev–Trinajstić information content (AvgIpc) is 2.57. The summed E-state index contributed by atoms with van der Waals surface area (Å²) in [5.74, 6) is 0. The molecule has 0 aliphatic heterocycles. The van der Waals surface area contributed by atoms with Gasteiger partial charge in [-0.25, -0.2) is 0 Å². The van der Waals surface area contributed by atoms with Crippen LogP contribution in [0.1, 0.15) is 70.9 Å². The zero-order chi connectivity index (χ0) is 16.9. The normalized spacial score (nSPS) is 12.7. The molecule has 0 radical (unpaired) electrons. The molecule has 0 amide bonds. The molecule has 0 bridgehead atoms. The van der Waals surface area contributed by atoms with Gasteiger partial charge in [-0.15, -0.1) is 0 Å². The highest BCUT2D eigenvalue weighted by Crippen LogP contribution is 2.21. The molecule has 1 atom stereocenters. The summed E-state index contributed by atoms with van der Waals surface area (Å²) in [6, 6.07) is 8.76. The minimum absolute atomic E-state index is 0.433. The maximum absolute atomic E-state index is 6.03. The molecule has 0 aromatic heterocycles. The zero-order valence-corrected chi connectivity index (χ0v) is 16.0. The first-order chi connectivity index (χ1) is 11.2. The Hall–Kier alpha value is -0.570. The van der Waals surface area contributed by atoms with Crippen LogP contribution in [0.25, 0.3) is 0 Å². The molecule has 0 aliphatic rings. The molecule has 1 aromatic rings. The molecule has 0 fully saturated rings. The molecule has 132 valence electrons. The molecule has 1 N–H and O–H groups in total. The lowest BCUT2D eigenvalue weighted by Gasteiger charge is -2.30. The Bertz CT molecular complexity index is 387. The molecular formula is C20H35ClN2. The van der Waals surface area contributed by atoms with Crippen LogP contribution in [-0.2, 0) is 0 Å². The summed E-state index contributed by atoms with van der Waals surface area (Å²) in [4.78, 5) is 2.51. The minimum Gasteiger partial charge on any atom is -0.315 e. The summed E-state index contributed by atoms with van der Waals surface area (Å²) in [6.07, 6.45) is 8.12. The van der Waals surface area contributed by atoms with Crippen LogP contribution in [-0.4, -0.2) is 31.1 Å². The van der Waals surface area contributed by atoms with Gasteiger partial charge in [-0.05, 0) is 43.8 Å². The second kappa shape index (κ2) is 12.8. The summed E-state index contributed by atoms with van der Waals surface area (Å²) in [5.41, 5.74) is 1.36. The molecular weight excluding hydrogens is 304 g/mol. The van der Waals surface area contributed by atoms with Gasteiger partial charge in [-0.3, -0.25) is 4.90 Å². The van der Waals surface area contributed by atoms with Crippen molar-refractivity contribution in [3.63, 3.8) is 0 Å². The molecule has 1 unspecified atom stereocenters. The van der Waals surface area contributed by atoms with Crippen molar-refractivity contribution in [1.82, 2.24) is 10.2 Å². The lowest BCUT2D eigenvalue weighted by Crippen LogP contribution is -2.36. The lowest BCUT2D eigenvalue weighted by atomic mass is 10.0. The third kappa shape index (κ3) is 8.19. The number of halogens is 1. The Morgan fingerprint density at radius 3 is 2.13 bits per heavy atom. The van der Waals surface area contributed by atoms with Gasteiger partial charge in [0.05, 0.1) is 0 Å². The first kappa shape index (κ1) is 20.5. The van der Waals surface area contributed by atoms with Crippen molar-refractivity contribution in [1.29, 1.82) is 0 Å². The molecule has 1 rings (SSSR count). The van der Waals surface area contributed by atoms with E-state index in [0.717, 1.165) is 31.2 Å². The van der Waals surface area contributed by atoms with Crippen molar-refractivity contribution in [2.75, 3.05) is 26.2 Å². The number of likely N-dealkylation sites (N-methyl/N-ethyl adjacent to an activating group) is 1. The molecule has 0 heterocycles. The number of nitrogens with one attached hydrogen (secondary N) is 1. The van der Waals surface area contributed by atoms with Crippen LogP contribution in [0.3, 0.4) is 0 Å². The highest BCUT2D eigenvalue weighted by atomic mass is 35.5. The van der Waals surface area contributed by atoms with Gasteiger partial charge in [0.15, 0.2) is 0 Å². The average molecular weight is 339 g/mol. The first-order valence-electron chi connectivity index (χ1n) is 9.43. The van der Waals surface area contributed by atoms with Gasteiger partial charge in [-0.1, -0.05) is 76.6 Å². The van der Waals surface area contributed by atoms with Crippen LogP contribution in [0, 0.1) is 0 Å². The van der Waals surface area contributed by atoms with Crippen molar-refractivity contribution in [3.8, 4) is 0 Å². The maximum Gasteiger partial charge on any atom is 0.0472 e. The van der Waals surface area contributed by atoms with Gasteiger partial charge < -0.3 is 5.32 Å². The Morgan fingerprint density at radius 1 is 0.913 bits per heavy atom. The van der Waals surface area contributed by atoms with Gasteiger partial charge in [0, 0.05) is 17.6 Å². The number of hydrogen-bond acceptors (Lipinski definition) is 2. The highest BCUT2D eigenvalue weighted by molar-refractivity contribution is 6.30. The molecule has 2 nitrogen and oxygen atoms in total. The largest absolute Gasteiger partial charge is 0.315 e. The predicted molar refractivity (Wildman–Crippen MR) is 103 cm³/mol. The smallest absolute Gasteiger partial charge is 0.0472 e. The van der Waals surface area contributed by atoms with Crippen molar-refractivity contribution in [2.45, 2.75) is 65.3 Å². The van der Waals surface area contributed by atoms with Crippen LogP contribution in [0.2, 0.25) is 5.02 Å². The highest BCUT2D eigenvalue weighted by Gasteiger charge is 2.17. The van der Waals surface area contributed by atoms with Crippen molar-refractivity contribution in [3.05, 3.63) is 34.9 Å². The third-order valence-electron chi connectivity index (χ3n) is 4.55. The van der Waals surface area contributed by atoms with E-state index >= 15 is 0 Å². The monoisotopic (exact) mass is 338 g/mol. The molecule has 0 saturated heterocycles. The Balaban J connectivity index is 2.40. The zero-order valence-electron chi connectivity index (χ0n) is 15.3. The van der Waals surface area contributed by atoms with Crippen molar-refractivity contribution >= 4 is 11.6 Å². The number of benzene rings is 1. The van der Waals surface area contributed by atoms with Gasteiger partial charge >= 0.3 is 0 Å². The molecule has 0 aliphatic carbocycles. The molecule has 0 saturated carbocycles. The van der Waals surface area contributed by atoms with Crippen LogP contribution < -0.4 is 5.32 Å². The van der Waals surface area contributed by atoms with Crippen molar-refractivity contribution < 1.29 is 0 Å². The SMILES string of the molecule is CCCCCCCCNCC(c1ccc(Cl)cc1)N(CC)CC. The van der Waals surface area contributed by atoms with E-state index in [1.165, 1.54) is 44.1 Å². The summed E-state index contributed by atoms with van der Waals surface area (Å²) in [6.45, 7) is 11.0. The summed E-state index contributed by atoms with van der Waals surface area (Å²) in [5, 5.41) is 4.48. The van der Waals surface area contributed by atoms with E-state index in [4.69, 9.17) is 11.6 Å². The summed E-state index contributed by atoms with van der Waals surface area (Å²) in [7, 11) is 0. The first-order valence-corrected chi connectivity index (χ1v) is 9.80. The van der Waals surface area contributed by atoms with E-state index < -0.39 is 0 Å². The molecule has 23 heavy (non-hydrogen) atoms. The summed E-state index contributed by atoms with van der Waals surface area (Å²) >= 11 is 6.03. The van der Waals surface area contributed by atoms with E-state index in [2.05, 4.69) is 43.1 Å². The standard InChI is InChI=1S/C20H35ClN2/c1-4-7-8-9-10-11-16-22-17-20(23(5-2)6-3)18-12-14-19(21)15-13-18/h12-15,20,22H,4-11,16-17H2,1-3H3. The van der Waals surface area contributed by atoms with Crippen LogP contribution >= 0.6 is 11.6 Å². The molecule has 0 spiro atoms. The van der Waals surface area contributed by atoms with Gasteiger partial charge in [0.2, 0.25) is 0 Å². The van der Waals surface area contributed by atoms with Crippen molar-refractivity contribution in [2.24, 2.45) is 0 Å². The Kier molecular flexibility index (Phi) is 11.4. The summed E-state index contributed by atoms with van der Waals surface area (Å²) < 4.78 is 0. The quantitative estimate of drug-likeness (QED) is 0.466. The van der Waals surface area contributed by atoms with Gasteiger partial charge in [0.1, 0.15) is 0 Å². The fourth-order valence-corrected chi connectivity index (χ4v) is 3.20. The Labute approximate surface area is 148 Å². The maximum atomic E-state index is 6.03. The topological polar surface area (TPSA) is 15.3 Å². The van der Waals surface area contributed by atoms with Gasteiger partial charge in [-0.2, -0.15) is 0 Å².